The van der Waals surface area contributed by atoms with Gasteiger partial charge >= 0.3 is 0 Å². The van der Waals surface area contributed by atoms with Gasteiger partial charge in [-0.25, -0.2) is 4.98 Å². The molecule has 0 aliphatic rings. The third kappa shape index (κ3) is 4.30. The lowest BCUT2D eigenvalue weighted by atomic mass is 10.2. The molecule has 3 nitrogen and oxygen atoms in total. The molecule has 1 aromatic carbocycles. The molecule has 0 unspecified atom stereocenters. The number of aromatic nitrogens is 1. The van der Waals surface area contributed by atoms with E-state index in [1.54, 1.807) is 6.20 Å². The van der Waals surface area contributed by atoms with Crippen LogP contribution in [0.15, 0.2) is 45.5 Å². The fraction of sp³-hybridized carbons (Fsp3) is 0.267. The first-order valence-electron chi connectivity index (χ1n) is 6.48. The van der Waals surface area contributed by atoms with Crippen molar-refractivity contribution in [1.82, 2.24) is 10.3 Å². The van der Waals surface area contributed by atoms with Crippen LogP contribution in [0.25, 0.3) is 0 Å². The number of pyridine rings is 1. The number of ether oxygens (including phenoxy) is 1. The topological polar surface area (TPSA) is 34.2 Å². The fourth-order valence-electron chi connectivity index (χ4n) is 1.72. The first-order valence-corrected chi connectivity index (χ1v) is 8.07. The number of nitrogens with one attached hydrogen (secondary N) is 1. The van der Waals surface area contributed by atoms with Crippen LogP contribution in [0.1, 0.15) is 18.9 Å². The van der Waals surface area contributed by atoms with E-state index in [1.165, 1.54) is 0 Å². The van der Waals surface area contributed by atoms with Crippen molar-refractivity contribution in [2.24, 2.45) is 0 Å². The van der Waals surface area contributed by atoms with E-state index >= 15 is 0 Å². The van der Waals surface area contributed by atoms with Crippen LogP contribution in [0.5, 0.6) is 11.6 Å². The van der Waals surface area contributed by atoms with Gasteiger partial charge in [0.2, 0.25) is 5.88 Å². The summed E-state index contributed by atoms with van der Waals surface area (Å²) >= 11 is 6.93. The van der Waals surface area contributed by atoms with Gasteiger partial charge in [-0.15, -0.1) is 0 Å². The number of halogens is 2. The van der Waals surface area contributed by atoms with Crippen molar-refractivity contribution in [2.45, 2.75) is 19.9 Å². The molecule has 0 atom stereocenters. The maximum atomic E-state index is 5.91. The van der Waals surface area contributed by atoms with Gasteiger partial charge in [-0.3, -0.25) is 0 Å². The molecule has 0 radical (unpaired) electrons. The third-order valence-corrected chi connectivity index (χ3v) is 3.77. The van der Waals surface area contributed by atoms with Gasteiger partial charge in [-0.1, -0.05) is 19.1 Å². The Morgan fingerprint density at radius 1 is 1.25 bits per heavy atom. The van der Waals surface area contributed by atoms with E-state index in [-0.39, 0.29) is 0 Å². The summed E-state index contributed by atoms with van der Waals surface area (Å²) in [6.07, 6.45) is 2.84. The van der Waals surface area contributed by atoms with Crippen molar-refractivity contribution in [2.75, 3.05) is 6.54 Å². The highest BCUT2D eigenvalue weighted by Gasteiger charge is 2.09. The third-order valence-electron chi connectivity index (χ3n) is 2.68. The molecule has 1 N–H and O–H groups in total. The van der Waals surface area contributed by atoms with Crippen molar-refractivity contribution in [1.29, 1.82) is 0 Å². The van der Waals surface area contributed by atoms with Crippen molar-refractivity contribution in [3.63, 3.8) is 0 Å². The number of hydrogen-bond acceptors (Lipinski definition) is 3. The summed E-state index contributed by atoms with van der Waals surface area (Å²) in [4.78, 5) is 4.36. The van der Waals surface area contributed by atoms with Crippen LogP contribution in [0.3, 0.4) is 0 Å². The molecule has 0 saturated heterocycles. The van der Waals surface area contributed by atoms with E-state index < -0.39 is 0 Å². The molecule has 2 rings (SSSR count). The van der Waals surface area contributed by atoms with Crippen LogP contribution in [0.4, 0.5) is 0 Å². The lowest BCUT2D eigenvalue weighted by Crippen LogP contribution is -2.14. The Hall–Kier alpha value is -0.910. The Kier molecular flexibility index (Phi) is 6.01. The second-order valence-electron chi connectivity index (χ2n) is 4.33. The zero-order valence-electron chi connectivity index (χ0n) is 11.2. The number of rotatable bonds is 6. The van der Waals surface area contributed by atoms with Crippen molar-refractivity contribution in [3.8, 4) is 11.6 Å². The molecular formula is C15H16Br2N2O. The Morgan fingerprint density at radius 3 is 2.80 bits per heavy atom. The average molecular weight is 400 g/mol. The molecule has 0 fully saturated rings. The molecule has 2 aromatic rings. The summed E-state index contributed by atoms with van der Waals surface area (Å²) in [5.74, 6) is 1.39. The molecule has 0 spiro atoms. The van der Waals surface area contributed by atoms with E-state index in [2.05, 4.69) is 49.1 Å². The van der Waals surface area contributed by atoms with Gasteiger partial charge in [0.25, 0.3) is 0 Å². The first-order chi connectivity index (χ1) is 9.70. The van der Waals surface area contributed by atoms with Crippen LogP contribution >= 0.6 is 31.9 Å². The van der Waals surface area contributed by atoms with E-state index in [0.29, 0.717) is 5.88 Å². The van der Waals surface area contributed by atoms with Crippen molar-refractivity contribution >= 4 is 31.9 Å². The number of benzene rings is 1. The molecule has 106 valence electrons. The van der Waals surface area contributed by atoms with Gasteiger partial charge in [-0.2, -0.15) is 0 Å². The summed E-state index contributed by atoms with van der Waals surface area (Å²) in [5.41, 5.74) is 1.03. The molecular weight excluding hydrogens is 384 g/mol. The van der Waals surface area contributed by atoms with E-state index in [4.69, 9.17) is 4.74 Å². The molecule has 0 bridgehead atoms. The molecule has 1 heterocycles. The highest BCUT2D eigenvalue weighted by Crippen LogP contribution is 2.30. The first kappa shape index (κ1) is 15.5. The van der Waals surface area contributed by atoms with Gasteiger partial charge in [0.1, 0.15) is 5.75 Å². The van der Waals surface area contributed by atoms with Gasteiger partial charge in [0.15, 0.2) is 0 Å². The normalized spacial score (nSPS) is 10.6. The summed E-state index contributed by atoms with van der Waals surface area (Å²) in [7, 11) is 0. The van der Waals surface area contributed by atoms with Crippen LogP contribution in [0.2, 0.25) is 0 Å². The summed E-state index contributed by atoms with van der Waals surface area (Å²) < 4.78 is 7.77. The van der Waals surface area contributed by atoms with Crippen LogP contribution < -0.4 is 10.1 Å². The maximum Gasteiger partial charge on any atom is 0.223 e. The fourth-order valence-corrected chi connectivity index (χ4v) is 2.46. The predicted molar refractivity (Wildman–Crippen MR) is 88.2 cm³/mol. The summed E-state index contributed by atoms with van der Waals surface area (Å²) in [6, 6.07) is 9.78. The van der Waals surface area contributed by atoms with Gasteiger partial charge in [-0.05, 0) is 63.0 Å². The molecule has 5 heteroatoms. The zero-order chi connectivity index (χ0) is 14.4. The maximum absolute atomic E-state index is 5.91. The monoisotopic (exact) mass is 398 g/mol. The second-order valence-corrected chi connectivity index (χ2v) is 6.10. The lowest BCUT2D eigenvalue weighted by Gasteiger charge is -2.12. The largest absolute Gasteiger partial charge is 0.438 e. The summed E-state index contributed by atoms with van der Waals surface area (Å²) in [6.45, 7) is 3.85. The number of para-hydroxylation sites is 1. The lowest BCUT2D eigenvalue weighted by molar-refractivity contribution is 0.450. The molecule has 20 heavy (non-hydrogen) atoms. The van der Waals surface area contributed by atoms with Gasteiger partial charge in [0.05, 0.1) is 4.47 Å². The van der Waals surface area contributed by atoms with Crippen LogP contribution in [-0.4, -0.2) is 11.5 Å². The SMILES string of the molecule is CCCNCc1cc(Br)cnc1Oc1ccccc1Br. The van der Waals surface area contributed by atoms with E-state index in [0.717, 1.165) is 39.8 Å². The minimum Gasteiger partial charge on any atom is -0.438 e. The quantitative estimate of drug-likeness (QED) is 0.701. The minimum absolute atomic E-state index is 0.628. The van der Waals surface area contributed by atoms with E-state index in [1.807, 2.05) is 30.3 Å². The van der Waals surface area contributed by atoms with Crippen molar-refractivity contribution < 1.29 is 4.74 Å². The van der Waals surface area contributed by atoms with E-state index in [9.17, 15) is 0 Å². The Morgan fingerprint density at radius 2 is 2.05 bits per heavy atom. The van der Waals surface area contributed by atoms with Crippen LogP contribution in [0, 0.1) is 0 Å². The van der Waals surface area contributed by atoms with Crippen molar-refractivity contribution in [3.05, 3.63) is 51.0 Å². The minimum atomic E-state index is 0.628. The second kappa shape index (κ2) is 7.76. The molecule has 0 aliphatic carbocycles. The zero-order valence-corrected chi connectivity index (χ0v) is 14.4. The smallest absolute Gasteiger partial charge is 0.223 e. The molecule has 1 aromatic heterocycles. The highest BCUT2D eigenvalue weighted by atomic mass is 79.9. The molecule has 0 amide bonds. The van der Waals surface area contributed by atoms with Gasteiger partial charge in [0, 0.05) is 22.8 Å². The average Bonchev–Trinajstić information content (AvgIpc) is 2.44. The van der Waals surface area contributed by atoms with Crippen LogP contribution in [-0.2, 0) is 6.54 Å². The Balaban J connectivity index is 2.20. The number of nitrogens with zero attached hydrogens (tertiary/aromatic N) is 1. The number of hydrogen-bond donors (Lipinski definition) is 1. The highest BCUT2D eigenvalue weighted by molar-refractivity contribution is 9.10. The summed E-state index contributed by atoms with van der Waals surface area (Å²) in [5, 5.41) is 3.37. The van der Waals surface area contributed by atoms with Gasteiger partial charge < -0.3 is 10.1 Å². The Labute approximate surface area is 136 Å². The molecule has 0 saturated carbocycles. The Bertz CT molecular complexity index is 576. The molecule has 0 aliphatic heterocycles. The standard InChI is InChI=1S/C15H16Br2N2O/c1-2-7-18-9-11-8-12(16)10-19-15(11)20-14-6-4-3-5-13(14)17/h3-6,8,10,18H,2,7,9H2,1H3. The predicted octanol–water partition coefficient (Wildman–Crippen LogP) is 4.90.